The van der Waals surface area contributed by atoms with Crippen molar-refractivity contribution in [3.8, 4) is 0 Å². The number of aryl methyl sites for hydroxylation is 1. The molecule has 11 heavy (non-hydrogen) atoms. The first kappa shape index (κ1) is 8.14. The average Bonchev–Trinajstić information content (AvgIpc) is 1.97. The lowest BCUT2D eigenvalue weighted by Crippen LogP contribution is -2.14. The minimum absolute atomic E-state index is 0.195. The number of anilines is 1. The number of H-pyrrole nitrogens is 1. The van der Waals surface area contributed by atoms with Crippen LogP contribution in [0.5, 0.6) is 0 Å². The molecular formula is C7H9ClN2O. The SMILES string of the molecule is Cc1[nH]c(=O)c(N)c(C)c1Cl. The molecule has 3 nitrogen and oxygen atoms in total. The Bertz CT molecular complexity index is 343. The molecule has 0 amide bonds. The molecule has 1 rings (SSSR count). The van der Waals surface area contributed by atoms with Gasteiger partial charge in [-0.15, -0.1) is 0 Å². The minimum atomic E-state index is -0.274. The lowest BCUT2D eigenvalue weighted by Gasteiger charge is -2.03. The first-order valence-electron chi connectivity index (χ1n) is 3.18. The zero-order chi connectivity index (χ0) is 8.59. The third kappa shape index (κ3) is 1.24. The third-order valence-corrected chi connectivity index (χ3v) is 2.18. The molecule has 0 saturated heterocycles. The molecule has 4 heteroatoms. The fourth-order valence-electron chi connectivity index (χ4n) is 0.862. The van der Waals surface area contributed by atoms with Gasteiger partial charge in [0.25, 0.3) is 5.56 Å². The van der Waals surface area contributed by atoms with E-state index in [1.807, 2.05) is 0 Å². The van der Waals surface area contributed by atoms with Gasteiger partial charge in [-0.1, -0.05) is 11.6 Å². The van der Waals surface area contributed by atoms with Crippen molar-refractivity contribution in [2.24, 2.45) is 0 Å². The molecule has 1 aromatic rings. The Hall–Kier alpha value is -0.960. The lowest BCUT2D eigenvalue weighted by atomic mass is 10.2. The van der Waals surface area contributed by atoms with Crippen LogP contribution < -0.4 is 11.3 Å². The van der Waals surface area contributed by atoms with Crippen LogP contribution >= 0.6 is 11.6 Å². The van der Waals surface area contributed by atoms with E-state index in [-0.39, 0.29) is 11.2 Å². The first-order valence-corrected chi connectivity index (χ1v) is 3.56. The van der Waals surface area contributed by atoms with Crippen molar-refractivity contribution in [2.45, 2.75) is 13.8 Å². The smallest absolute Gasteiger partial charge is 0.271 e. The summed E-state index contributed by atoms with van der Waals surface area (Å²) in [5.74, 6) is 0. The normalized spacial score (nSPS) is 10.1. The number of aromatic amines is 1. The Morgan fingerprint density at radius 3 is 2.55 bits per heavy atom. The highest BCUT2D eigenvalue weighted by Gasteiger charge is 2.05. The van der Waals surface area contributed by atoms with Crippen molar-refractivity contribution in [2.75, 3.05) is 5.73 Å². The molecule has 0 fully saturated rings. The molecule has 0 atom stereocenters. The highest BCUT2D eigenvalue weighted by atomic mass is 35.5. The Labute approximate surface area is 69.2 Å². The van der Waals surface area contributed by atoms with E-state index in [2.05, 4.69) is 4.98 Å². The van der Waals surface area contributed by atoms with Crippen LogP contribution in [0.1, 0.15) is 11.3 Å². The molecule has 3 N–H and O–H groups in total. The molecule has 1 aromatic heterocycles. The second kappa shape index (κ2) is 2.58. The van der Waals surface area contributed by atoms with Gasteiger partial charge in [0, 0.05) is 5.69 Å². The number of nitrogens with two attached hydrogens (primary N) is 1. The summed E-state index contributed by atoms with van der Waals surface area (Å²) in [6.45, 7) is 3.45. The van der Waals surface area contributed by atoms with E-state index in [1.165, 1.54) is 0 Å². The van der Waals surface area contributed by atoms with Crippen LogP contribution in [0.3, 0.4) is 0 Å². The summed E-state index contributed by atoms with van der Waals surface area (Å²) in [6.07, 6.45) is 0. The van der Waals surface area contributed by atoms with E-state index in [9.17, 15) is 4.79 Å². The lowest BCUT2D eigenvalue weighted by molar-refractivity contribution is 1.13. The second-order valence-corrected chi connectivity index (χ2v) is 2.81. The van der Waals surface area contributed by atoms with Gasteiger partial charge in [-0.3, -0.25) is 4.79 Å². The number of nitrogen functional groups attached to an aromatic ring is 1. The number of nitrogens with one attached hydrogen (secondary N) is 1. The maximum absolute atomic E-state index is 11.0. The highest BCUT2D eigenvalue weighted by molar-refractivity contribution is 6.32. The topological polar surface area (TPSA) is 58.9 Å². The summed E-state index contributed by atoms with van der Waals surface area (Å²) in [5, 5.41) is 0.530. The molecule has 0 aromatic carbocycles. The Kier molecular flexibility index (Phi) is 1.91. The van der Waals surface area contributed by atoms with E-state index in [1.54, 1.807) is 13.8 Å². The minimum Gasteiger partial charge on any atom is -0.394 e. The first-order chi connectivity index (χ1) is 5.04. The van der Waals surface area contributed by atoms with E-state index in [0.717, 1.165) is 0 Å². The summed E-state index contributed by atoms with van der Waals surface area (Å²) in [7, 11) is 0. The van der Waals surface area contributed by atoms with E-state index in [4.69, 9.17) is 17.3 Å². The number of halogens is 1. The van der Waals surface area contributed by atoms with Crippen LogP contribution in [-0.2, 0) is 0 Å². The fourth-order valence-corrected chi connectivity index (χ4v) is 1.01. The largest absolute Gasteiger partial charge is 0.394 e. The molecule has 0 bridgehead atoms. The van der Waals surface area contributed by atoms with E-state index >= 15 is 0 Å². The van der Waals surface area contributed by atoms with Crippen molar-refractivity contribution in [3.63, 3.8) is 0 Å². The van der Waals surface area contributed by atoms with Crippen LogP contribution in [0.4, 0.5) is 5.69 Å². The second-order valence-electron chi connectivity index (χ2n) is 2.43. The number of aromatic nitrogens is 1. The molecule has 1 heterocycles. The molecule has 0 saturated carbocycles. The maximum Gasteiger partial charge on any atom is 0.271 e. The van der Waals surface area contributed by atoms with E-state index < -0.39 is 0 Å². The number of hydrogen-bond acceptors (Lipinski definition) is 2. The Balaban J connectivity index is 3.59. The van der Waals surface area contributed by atoms with Crippen LogP contribution in [-0.4, -0.2) is 4.98 Å². The molecule has 60 valence electrons. The van der Waals surface area contributed by atoms with Gasteiger partial charge < -0.3 is 10.7 Å². The molecule has 0 aliphatic carbocycles. The summed E-state index contributed by atoms with van der Waals surface area (Å²) in [5.41, 5.74) is 6.65. The molecule has 0 radical (unpaired) electrons. The van der Waals surface area contributed by atoms with Gasteiger partial charge in [0.1, 0.15) is 5.69 Å². The summed E-state index contributed by atoms with van der Waals surface area (Å²) < 4.78 is 0. The van der Waals surface area contributed by atoms with Crippen molar-refractivity contribution < 1.29 is 0 Å². The van der Waals surface area contributed by atoms with E-state index in [0.29, 0.717) is 16.3 Å². The number of hydrogen-bond donors (Lipinski definition) is 2. The Morgan fingerprint density at radius 1 is 1.45 bits per heavy atom. The number of pyridine rings is 1. The standard InChI is InChI=1S/C7H9ClN2O/c1-3-5(8)4(2)10-7(11)6(3)9/h9H2,1-2H3,(H,10,11). The average molecular weight is 173 g/mol. The molecule has 0 aliphatic rings. The zero-order valence-electron chi connectivity index (χ0n) is 6.36. The molecule has 0 aliphatic heterocycles. The Morgan fingerprint density at radius 2 is 2.00 bits per heavy atom. The van der Waals surface area contributed by atoms with Gasteiger partial charge in [0.15, 0.2) is 0 Å². The quantitative estimate of drug-likeness (QED) is 0.619. The monoisotopic (exact) mass is 172 g/mol. The van der Waals surface area contributed by atoms with Gasteiger partial charge in [-0.2, -0.15) is 0 Å². The summed E-state index contributed by atoms with van der Waals surface area (Å²) >= 11 is 5.80. The zero-order valence-corrected chi connectivity index (χ0v) is 7.12. The van der Waals surface area contributed by atoms with Gasteiger partial charge in [0.2, 0.25) is 0 Å². The predicted molar refractivity (Wildman–Crippen MR) is 46.0 cm³/mol. The third-order valence-electron chi connectivity index (χ3n) is 1.61. The van der Waals surface area contributed by atoms with Crippen molar-refractivity contribution in [3.05, 3.63) is 26.6 Å². The van der Waals surface area contributed by atoms with Crippen LogP contribution in [0, 0.1) is 13.8 Å². The van der Waals surface area contributed by atoms with Gasteiger partial charge in [-0.05, 0) is 19.4 Å². The predicted octanol–water partition coefficient (Wildman–Crippen LogP) is 1.23. The van der Waals surface area contributed by atoms with Crippen LogP contribution in [0.25, 0.3) is 0 Å². The highest BCUT2D eigenvalue weighted by Crippen LogP contribution is 2.19. The maximum atomic E-state index is 11.0. The van der Waals surface area contributed by atoms with Crippen molar-refractivity contribution in [1.82, 2.24) is 4.98 Å². The summed E-state index contributed by atoms with van der Waals surface area (Å²) in [6, 6.07) is 0. The molecule has 0 spiro atoms. The number of rotatable bonds is 0. The van der Waals surface area contributed by atoms with Gasteiger partial charge in [-0.25, -0.2) is 0 Å². The van der Waals surface area contributed by atoms with Crippen LogP contribution in [0.15, 0.2) is 4.79 Å². The molecule has 0 unspecified atom stereocenters. The molecular weight excluding hydrogens is 164 g/mol. The van der Waals surface area contributed by atoms with Crippen LogP contribution in [0.2, 0.25) is 5.02 Å². The van der Waals surface area contributed by atoms with Gasteiger partial charge in [0.05, 0.1) is 5.02 Å². The van der Waals surface area contributed by atoms with Crippen molar-refractivity contribution in [1.29, 1.82) is 0 Å². The summed E-state index contributed by atoms with van der Waals surface area (Å²) in [4.78, 5) is 13.5. The van der Waals surface area contributed by atoms with Gasteiger partial charge >= 0.3 is 0 Å². The van der Waals surface area contributed by atoms with Crippen molar-refractivity contribution >= 4 is 17.3 Å². The fraction of sp³-hybridized carbons (Fsp3) is 0.286.